The number of ether oxygens (including phenoxy) is 3. The third-order valence-corrected chi connectivity index (χ3v) is 1.56. The van der Waals surface area contributed by atoms with Gasteiger partial charge in [-0.05, 0) is 20.2 Å². The first kappa shape index (κ1) is 7.53. The number of rotatable bonds is 3. The van der Waals surface area contributed by atoms with Crippen molar-refractivity contribution in [2.24, 2.45) is 0 Å². The highest BCUT2D eigenvalue weighted by atomic mass is 16.7. The van der Waals surface area contributed by atoms with Crippen LogP contribution in [0.15, 0.2) is 0 Å². The summed E-state index contributed by atoms with van der Waals surface area (Å²) in [5.74, 6) is -0.530. The van der Waals surface area contributed by atoms with E-state index in [1.807, 2.05) is 13.8 Å². The first-order chi connectivity index (χ1) is 5.55. The Kier molecular flexibility index (Phi) is 2.41. The van der Waals surface area contributed by atoms with E-state index in [0.717, 1.165) is 0 Å². The molecule has 3 heteroatoms. The van der Waals surface area contributed by atoms with Gasteiger partial charge in [-0.15, -0.1) is 0 Å². The second kappa shape index (κ2) is 3.52. The Morgan fingerprint density at radius 3 is 2.91 bits per heavy atom. The Morgan fingerprint density at radius 2 is 2.45 bits per heavy atom. The van der Waals surface area contributed by atoms with Crippen LogP contribution in [-0.2, 0) is 14.2 Å². The standard InChI is InChI=1S/C8H16O3/c1-8(2)10-6-7(11-8)4-5-9-3/h7H,4-6H2,1-3H3/t7-/m0/s1/i4D/t4-,7-. The monoisotopic (exact) mass is 161 g/mol. The predicted molar refractivity (Wildman–Crippen MR) is 41.4 cm³/mol. The van der Waals surface area contributed by atoms with Crippen LogP contribution >= 0.6 is 0 Å². The van der Waals surface area contributed by atoms with Gasteiger partial charge < -0.3 is 14.2 Å². The largest absolute Gasteiger partial charge is 0.385 e. The third-order valence-electron chi connectivity index (χ3n) is 1.56. The lowest BCUT2D eigenvalue weighted by Gasteiger charge is -2.16. The zero-order chi connectivity index (χ0) is 9.19. The zero-order valence-electron chi connectivity index (χ0n) is 8.29. The maximum atomic E-state index is 7.62. The average Bonchev–Trinajstić information content (AvgIpc) is 2.31. The first-order valence-electron chi connectivity index (χ1n) is 4.36. The van der Waals surface area contributed by atoms with Crippen molar-refractivity contribution in [2.45, 2.75) is 32.1 Å². The molecule has 66 valence electrons. The first-order valence-corrected chi connectivity index (χ1v) is 3.78. The van der Waals surface area contributed by atoms with Crippen LogP contribution < -0.4 is 0 Å². The fourth-order valence-electron chi connectivity index (χ4n) is 1.04. The average molecular weight is 161 g/mol. The minimum absolute atomic E-state index is 0.153. The molecule has 0 aromatic rings. The smallest absolute Gasteiger partial charge is 0.163 e. The summed E-state index contributed by atoms with van der Waals surface area (Å²) < 4.78 is 23.3. The van der Waals surface area contributed by atoms with Crippen molar-refractivity contribution in [3.63, 3.8) is 0 Å². The fraction of sp³-hybridized carbons (Fsp3) is 1.00. The minimum atomic E-state index is -0.530. The van der Waals surface area contributed by atoms with Gasteiger partial charge in [-0.1, -0.05) is 0 Å². The molecule has 0 unspecified atom stereocenters. The summed E-state index contributed by atoms with van der Waals surface area (Å²) in [5.41, 5.74) is 0. The van der Waals surface area contributed by atoms with Crippen molar-refractivity contribution in [3.8, 4) is 0 Å². The summed E-state index contributed by atoms with van der Waals surface area (Å²) >= 11 is 0. The van der Waals surface area contributed by atoms with Gasteiger partial charge in [0.1, 0.15) is 0 Å². The Morgan fingerprint density at radius 1 is 1.73 bits per heavy atom. The molecule has 11 heavy (non-hydrogen) atoms. The van der Waals surface area contributed by atoms with Crippen LogP contribution in [0.1, 0.15) is 21.6 Å². The van der Waals surface area contributed by atoms with Crippen LogP contribution in [-0.4, -0.2) is 32.2 Å². The highest BCUT2D eigenvalue weighted by Gasteiger charge is 2.31. The Bertz CT molecular complexity index is 149. The molecule has 0 aromatic heterocycles. The lowest BCUT2D eigenvalue weighted by atomic mass is 10.3. The van der Waals surface area contributed by atoms with E-state index in [4.69, 9.17) is 15.6 Å². The highest BCUT2D eigenvalue weighted by molar-refractivity contribution is 4.70. The van der Waals surface area contributed by atoms with Gasteiger partial charge in [-0.3, -0.25) is 0 Å². The molecule has 0 bridgehead atoms. The number of hydrogen-bond donors (Lipinski definition) is 0. The SMILES string of the molecule is [2H][C@@H](COC)[C@H]1COC(C)(C)O1. The summed E-state index contributed by atoms with van der Waals surface area (Å²) in [7, 11) is 1.59. The number of methoxy groups -OCH3 is 1. The summed E-state index contributed by atoms with van der Waals surface area (Å²) in [6, 6.07) is 0. The molecule has 1 aliphatic heterocycles. The van der Waals surface area contributed by atoms with Crippen LogP contribution in [0.4, 0.5) is 0 Å². The van der Waals surface area contributed by atoms with Gasteiger partial charge in [0.15, 0.2) is 5.79 Å². The molecule has 0 N–H and O–H groups in total. The third kappa shape index (κ3) is 2.77. The van der Waals surface area contributed by atoms with E-state index >= 15 is 0 Å². The van der Waals surface area contributed by atoms with Gasteiger partial charge in [-0.25, -0.2) is 0 Å². The Labute approximate surface area is 69.0 Å². The van der Waals surface area contributed by atoms with Gasteiger partial charge in [-0.2, -0.15) is 0 Å². The topological polar surface area (TPSA) is 27.7 Å². The summed E-state index contributed by atoms with van der Waals surface area (Å²) in [5, 5.41) is 0. The molecule has 0 amide bonds. The zero-order valence-corrected chi connectivity index (χ0v) is 7.29. The summed E-state index contributed by atoms with van der Waals surface area (Å²) in [6.07, 6.45) is -0.503. The highest BCUT2D eigenvalue weighted by Crippen LogP contribution is 2.23. The molecule has 1 saturated heterocycles. The molecule has 1 aliphatic rings. The fourth-order valence-corrected chi connectivity index (χ4v) is 1.04. The van der Waals surface area contributed by atoms with Crippen molar-refractivity contribution in [2.75, 3.05) is 20.3 Å². The molecule has 0 aromatic carbocycles. The number of hydrogen-bond acceptors (Lipinski definition) is 3. The van der Waals surface area contributed by atoms with E-state index in [1.54, 1.807) is 7.11 Å². The molecule has 1 fully saturated rings. The van der Waals surface area contributed by atoms with E-state index < -0.39 is 5.79 Å². The Balaban J connectivity index is 2.36. The van der Waals surface area contributed by atoms with Crippen LogP contribution in [0.2, 0.25) is 0 Å². The van der Waals surface area contributed by atoms with Crippen LogP contribution in [0.5, 0.6) is 0 Å². The van der Waals surface area contributed by atoms with Crippen molar-refractivity contribution >= 4 is 0 Å². The lowest BCUT2D eigenvalue weighted by molar-refractivity contribution is -0.140. The summed E-state index contributed by atoms with van der Waals surface area (Å²) in [6.45, 7) is 4.59. The quantitative estimate of drug-likeness (QED) is 0.622. The molecule has 2 atom stereocenters. The lowest BCUT2D eigenvalue weighted by Crippen LogP contribution is -2.21. The predicted octanol–water partition coefficient (Wildman–Crippen LogP) is 1.17. The maximum absolute atomic E-state index is 7.62. The normalized spacial score (nSPS) is 33.4. The van der Waals surface area contributed by atoms with Gasteiger partial charge in [0.25, 0.3) is 0 Å². The molecule has 1 heterocycles. The van der Waals surface area contributed by atoms with Crippen LogP contribution in [0, 0.1) is 0 Å². The van der Waals surface area contributed by atoms with Crippen LogP contribution in [0.25, 0.3) is 0 Å². The van der Waals surface area contributed by atoms with E-state index in [9.17, 15) is 0 Å². The molecular weight excluding hydrogens is 144 g/mol. The molecule has 0 aliphatic carbocycles. The van der Waals surface area contributed by atoms with Gasteiger partial charge in [0.2, 0.25) is 0 Å². The minimum Gasteiger partial charge on any atom is -0.385 e. The van der Waals surface area contributed by atoms with Crippen molar-refractivity contribution in [3.05, 3.63) is 0 Å². The molecule has 3 nitrogen and oxygen atoms in total. The second-order valence-electron chi connectivity index (χ2n) is 3.06. The molecule has 0 radical (unpaired) electrons. The van der Waals surface area contributed by atoms with E-state index in [1.165, 1.54) is 0 Å². The van der Waals surface area contributed by atoms with Crippen LogP contribution in [0.3, 0.4) is 0 Å². The van der Waals surface area contributed by atoms with Gasteiger partial charge in [0, 0.05) is 15.1 Å². The molecular formula is C8H16O3. The Hall–Kier alpha value is -0.120. The van der Waals surface area contributed by atoms with E-state index in [0.29, 0.717) is 13.2 Å². The molecule has 0 spiro atoms. The second-order valence-corrected chi connectivity index (χ2v) is 3.06. The maximum Gasteiger partial charge on any atom is 0.163 e. The van der Waals surface area contributed by atoms with E-state index in [-0.39, 0.29) is 12.5 Å². The van der Waals surface area contributed by atoms with Crippen molar-refractivity contribution in [1.82, 2.24) is 0 Å². The molecule has 1 rings (SSSR count). The van der Waals surface area contributed by atoms with Gasteiger partial charge >= 0.3 is 0 Å². The van der Waals surface area contributed by atoms with Crippen molar-refractivity contribution < 1.29 is 15.6 Å². The van der Waals surface area contributed by atoms with Gasteiger partial charge in [0.05, 0.1) is 12.7 Å². The van der Waals surface area contributed by atoms with E-state index in [2.05, 4.69) is 0 Å². The molecule has 0 saturated carbocycles. The van der Waals surface area contributed by atoms with Crippen molar-refractivity contribution in [1.29, 1.82) is 0 Å². The summed E-state index contributed by atoms with van der Waals surface area (Å²) in [4.78, 5) is 0.